The number of rotatable bonds is 4. The van der Waals surface area contributed by atoms with Gasteiger partial charge in [-0.2, -0.15) is 0 Å². The van der Waals surface area contributed by atoms with Gasteiger partial charge >= 0.3 is 5.91 Å². The first-order valence-electron chi connectivity index (χ1n) is 10.3. The number of aliphatic hydroxyl groups excluding tert-OH is 1. The van der Waals surface area contributed by atoms with E-state index in [9.17, 15) is 29.2 Å². The number of Topliss-reactive ketones (excluding diaryl/α,β-unsaturated/α-hetero) is 1. The minimum absolute atomic E-state index is 0.107. The molecular weight excluding hydrogens is 477 g/mol. The monoisotopic (exact) mass is 493 g/mol. The molecule has 0 spiro atoms. The van der Waals surface area contributed by atoms with Crippen molar-refractivity contribution in [3.63, 3.8) is 0 Å². The van der Waals surface area contributed by atoms with Gasteiger partial charge < -0.3 is 9.52 Å². The molecule has 1 fully saturated rings. The third-order valence-corrected chi connectivity index (χ3v) is 6.72. The summed E-state index contributed by atoms with van der Waals surface area (Å²) < 4.78 is 19.6. The highest BCUT2D eigenvalue weighted by atomic mass is 32.1. The number of carbonyl (C=O) groups is 2. The van der Waals surface area contributed by atoms with Crippen LogP contribution in [0.2, 0.25) is 0 Å². The number of furan rings is 1. The normalized spacial score (nSPS) is 17.5. The summed E-state index contributed by atoms with van der Waals surface area (Å²) in [6, 6.07) is 9.72. The molecule has 35 heavy (non-hydrogen) atoms. The molecule has 1 saturated heterocycles. The first kappa shape index (κ1) is 22.4. The largest absolute Gasteiger partial charge is 0.507 e. The Bertz CT molecular complexity index is 1570. The Morgan fingerprint density at radius 2 is 1.89 bits per heavy atom. The molecule has 1 N–H and O–H groups in total. The minimum atomic E-state index is -1.11. The molecule has 0 aliphatic carbocycles. The SMILES string of the molecule is Cc1cc(/C(O)=C2\C(=O)C(=O)N(c3nc4ccc([N+](=O)[O-])cc4s3)C2c2ccc(F)cc2)c(C)o1. The highest BCUT2D eigenvalue weighted by Crippen LogP contribution is 2.45. The molecule has 1 unspecified atom stereocenters. The van der Waals surface area contributed by atoms with Gasteiger partial charge in [-0.1, -0.05) is 23.5 Å². The number of nitro groups is 1. The molecule has 1 amide bonds. The van der Waals surface area contributed by atoms with Crippen molar-refractivity contribution >= 4 is 49.8 Å². The van der Waals surface area contributed by atoms with Crippen LogP contribution >= 0.6 is 11.3 Å². The number of aryl methyl sites for hydroxylation is 2. The fourth-order valence-electron chi connectivity index (χ4n) is 4.12. The van der Waals surface area contributed by atoms with E-state index in [0.717, 1.165) is 16.2 Å². The number of fused-ring (bicyclic) bond motifs is 1. The zero-order valence-electron chi connectivity index (χ0n) is 18.3. The third-order valence-electron chi connectivity index (χ3n) is 5.70. The van der Waals surface area contributed by atoms with Crippen molar-refractivity contribution in [1.82, 2.24) is 4.98 Å². The zero-order chi connectivity index (χ0) is 25.0. The number of nitro benzene ring substituents is 1. The van der Waals surface area contributed by atoms with Crippen LogP contribution in [-0.4, -0.2) is 26.7 Å². The number of nitrogens with zero attached hydrogens (tertiary/aromatic N) is 3. The van der Waals surface area contributed by atoms with E-state index < -0.39 is 34.2 Å². The van der Waals surface area contributed by atoms with Gasteiger partial charge in [-0.15, -0.1) is 0 Å². The molecule has 0 saturated carbocycles. The van der Waals surface area contributed by atoms with Crippen molar-refractivity contribution in [3.8, 4) is 0 Å². The molecule has 11 heteroatoms. The van der Waals surface area contributed by atoms with E-state index in [1.54, 1.807) is 19.9 Å². The molecule has 2 aromatic heterocycles. The fourth-order valence-corrected chi connectivity index (χ4v) is 5.14. The molecule has 9 nitrogen and oxygen atoms in total. The highest BCUT2D eigenvalue weighted by molar-refractivity contribution is 7.22. The van der Waals surface area contributed by atoms with Gasteiger partial charge in [0, 0.05) is 12.1 Å². The molecule has 0 radical (unpaired) electrons. The molecule has 1 atom stereocenters. The van der Waals surface area contributed by atoms with Crippen LogP contribution in [-0.2, 0) is 9.59 Å². The highest BCUT2D eigenvalue weighted by Gasteiger charge is 2.48. The van der Waals surface area contributed by atoms with Crippen LogP contribution in [0.3, 0.4) is 0 Å². The number of ketones is 1. The number of aromatic nitrogens is 1. The predicted octanol–water partition coefficient (Wildman–Crippen LogP) is 5.18. The summed E-state index contributed by atoms with van der Waals surface area (Å²) in [5.41, 5.74) is 0.686. The maximum Gasteiger partial charge on any atom is 0.301 e. The van der Waals surface area contributed by atoms with Crippen molar-refractivity contribution in [3.05, 3.63) is 92.7 Å². The van der Waals surface area contributed by atoms with E-state index in [-0.39, 0.29) is 22.0 Å². The third kappa shape index (κ3) is 3.66. The van der Waals surface area contributed by atoms with E-state index in [0.29, 0.717) is 27.3 Å². The summed E-state index contributed by atoms with van der Waals surface area (Å²) in [7, 11) is 0. The Morgan fingerprint density at radius 3 is 2.51 bits per heavy atom. The summed E-state index contributed by atoms with van der Waals surface area (Å²) in [4.78, 5) is 42.6. The van der Waals surface area contributed by atoms with Gasteiger partial charge in [0.15, 0.2) is 5.13 Å². The standard InChI is InChI=1S/C24H16FN3O6S/c1-11-9-16(12(2)34-11)21(29)19-20(13-3-5-14(25)6-4-13)27(23(31)22(19)30)24-26-17-8-7-15(28(32)33)10-18(17)35-24/h3-10,20,29H,1-2H3/b21-19+. The quantitative estimate of drug-likeness (QED) is 0.136. The Kier molecular flexibility index (Phi) is 5.21. The average molecular weight is 493 g/mol. The van der Waals surface area contributed by atoms with Gasteiger partial charge in [0.1, 0.15) is 23.1 Å². The van der Waals surface area contributed by atoms with E-state index >= 15 is 0 Å². The minimum Gasteiger partial charge on any atom is -0.507 e. The summed E-state index contributed by atoms with van der Waals surface area (Å²) in [5.74, 6) is -1.96. The first-order chi connectivity index (χ1) is 16.7. The molecule has 176 valence electrons. The lowest BCUT2D eigenvalue weighted by Crippen LogP contribution is -2.29. The summed E-state index contributed by atoms with van der Waals surface area (Å²) in [6.45, 7) is 3.30. The number of thiazole rings is 1. The zero-order valence-corrected chi connectivity index (χ0v) is 19.1. The molecular formula is C24H16FN3O6S. The van der Waals surface area contributed by atoms with Gasteiger partial charge in [0.25, 0.3) is 11.5 Å². The lowest BCUT2D eigenvalue weighted by molar-refractivity contribution is -0.384. The number of hydrogen-bond donors (Lipinski definition) is 1. The number of anilines is 1. The molecule has 2 aromatic carbocycles. The maximum atomic E-state index is 13.7. The molecule has 0 bridgehead atoms. The van der Waals surface area contributed by atoms with E-state index in [4.69, 9.17) is 4.42 Å². The molecule has 3 heterocycles. The van der Waals surface area contributed by atoms with Crippen molar-refractivity contribution < 1.29 is 28.4 Å². The van der Waals surface area contributed by atoms with Gasteiger partial charge in [0.05, 0.1) is 32.3 Å². The second-order valence-corrected chi connectivity index (χ2v) is 8.96. The lowest BCUT2D eigenvalue weighted by Gasteiger charge is -2.22. The molecule has 4 aromatic rings. The number of hydrogen-bond acceptors (Lipinski definition) is 8. The lowest BCUT2D eigenvalue weighted by atomic mass is 9.95. The second-order valence-electron chi connectivity index (χ2n) is 7.95. The van der Waals surface area contributed by atoms with Crippen molar-refractivity contribution in [2.24, 2.45) is 0 Å². The van der Waals surface area contributed by atoms with Crippen LogP contribution in [0, 0.1) is 29.8 Å². The number of amides is 1. The van der Waals surface area contributed by atoms with Crippen LogP contribution in [0.1, 0.15) is 28.7 Å². The van der Waals surface area contributed by atoms with Gasteiger partial charge in [-0.05, 0) is 43.7 Å². The average Bonchev–Trinajstić information content (AvgIpc) is 3.46. The van der Waals surface area contributed by atoms with Crippen LogP contribution in [0.5, 0.6) is 0 Å². The Hall–Kier alpha value is -4.38. The van der Waals surface area contributed by atoms with Gasteiger partial charge in [-0.25, -0.2) is 9.37 Å². The number of benzene rings is 2. The van der Waals surface area contributed by atoms with E-state index in [1.807, 2.05) is 0 Å². The number of carbonyl (C=O) groups excluding carboxylic acids is 2. The van der Waals surface area contributed by atoms with Crippen molar-refractivity contribution in [1.29, 1.82) is 0 Å². The van der Waals surface area contributed by atoms with Gasteiger partial charge in [0.2, 0.25) is 0 Å². The summed E-state index contributed by atoms with van der Waals surface area (Å²) in [5, 5.41) is 22.4. The topological polar surface area (TPSA) is 127 Å². The Labute approximate surface area is 200 Å². The Morgan fingerprint density at radius 1 is 1.17 bits per heavy atom. The van der Waals surface area contributed by atoms with Crippen molar-refractivity contribution in [2.75, 3.05) is 4.90 Å². The molecule has 1 aliphatic heterocycles. The first-order valence-corrected chi connectivity index (χ1v) is 11.2. The smallest absolute Gasteiger partial charge is 0.301 e. The Balaban J connectivity index is 1.73. The second kappa shape index (κ2) is 8.13. The van der Waals surface area contributed by atoms with Crippen molar-refractivity contribution in [2.45, 2.75) is 19.9 Å². The van der Waals surface area contributed by atoms with Crippen LogP contribution < -0.4 is 4.90 Å². The van der Waals surface area contributed by atoms with Crippen LogP contribution in [0.4, 0.5) is 15.2 Å². The predicted molar refractivity (Wildman–Crippen MR) is 126 cm³/mol. The number of halogens is 1. The van der Waals surface area contributed by atoms with Crippen LogP contribution in [0.25, 0.3) is 16.0 Å². The summed E-state index contributed by atoms with van der Waals surface area (Å²) in [6.07, 6.45) is 0. The van der Waals surface area contributed by atoms with Crippen LogP contribution in [0.15, 0.2) is 58.5 Å². The van der Waals surface area contributed by atoms with E-state index in [1.165, 1.54) is 42.5 Å². The maximum absolute atomic E-state index is 13.7. The van der Waals surface area contributed by atoms with E-state index in [2.05, 4.69) is 4.98 Å². The molecule has 1 aliphatic rings. The number of non-ortho nitro benzene ring substituents is 1. The van der Waals surface area contributed by atoms with Gasteiger partial charge in [-0.3, -0.25) is 24.6 Å². The number of aliphatic hydroxyl groups is 1. The summed E-state index contributed by atoms with van der Waals surface area (Å²) >= 11 is 0.991. The fraction of sp³-hybridized carbons (Fsp3) is 0.125. The molecule has 5 rings (SSSR count).